The Hall–Kier alpha value is -1.55. The summed E-state index contributed by atoms with van der Waals surface area (Å²) in [4.78, 5) is 11.7. The second-order valence-corrected chi connectivity index (χ2v) is 4.48. The smallest absolute Gasteiger partial charge is 0.338 e. The first-order chi connectivity index (χ1) is 7.91. The summed E-state index contributed by atoms with van der Waals surface area (Å²) in [6.45, 7) is 5.58. The maximum Gasteiger partial charge on any atom is 0.338 e. The lowest BCUT2D eigenvalue weighted by Crippen LogP contribution is -2.23. The Bertz CT molecular complexity index is 402. The van der Waals surface area contributed by atoms with Crippen LogP contribution in [0.3, 0.4) is 0 Å². The van der Waals surface area contributed by atoms with Crippen molar-refractivity contribution in [1.29, 1.82) is 0 Å². The molecule has 1 aromatic rings. The third-order valence-corrected chi connectivity index (χ3v) is 2.66. The summed E-state index contributed by atoms with van der Waals surface area (Å²) in [6.07, 6.45) is -0.631. The van der Waals surface area contributed by atoms with Crippen LogP contribution in [0.1, 0.15) is 29.8 Å². The number of nitrogens with two attached hydrogens (primary N) is 1. The first-order valence-electron chi connectivity index (χ1n) is 5.63. The zero-order chi connectivity index (χ0) is 13.0. The summed E-state index contributed by atoms with van der Waals surface area (Å²) in [5.74, 6) is -0.372. The molecule has 0 saturated carbocycles. The second kappa shape index (κ2) is 5.68. The van der Waals surface area contributed by atoms with Crippen molar-refractivity contribution in [2.45, 2.75) is 26.9 Å². The maximum absolute atomic E-state index is 11.7. The Labute approximate surface area is 101 Å². The molecule has 0 bridgehead atoms. The number of carbonyl (C=O) groups is 1. The van der Waals surface area contributed by atoms with Gasteiger partial charge in [-0.25, -0.2) is 4.79 Å². The Morgan fingerprint density at radius 1 is 1.47 bits per heavy atom. The number of nitrogen functional groups attached to an aromatic ring is 1. The Balaban J connectivity index is 2.61. The maximum atomic E-state index is 11.7. The first kappa shape index (κ1) is 13.5. The molecular weight excluding hydrogens is 218 g/mol. The number of ether oxygens (including phenoxy) is 1. The Morgan fingerprint density at radius 3 is 2.65 bits per heavy atom. The molecule has 4 nitrogen and oxygen atoms in total. The average Bonchev–Trinajstić information content (AvgIpc) is 2.28. The zero-order valence-electron chi connectivity index (χ0n) is 10.4. The van der Waals surface area contributed by atoms with Crippen LogP contribution in [0.25, 0.3) is 0 Å². The SMILES string of the molecule is Cc1cc(C(=O)OCC(O)C(C)C)ccc1N. The topological polar surface area (TPSA) is 72.5 Å². The van der Waals surface area contributed by atoms with Gasteiger partial charge in [0, 0.05) is 5.69 Å². The molecule has 0 amide bonds. The van der Waals surface area contributed by atoms with Crippen LogP contribution in [0, 0.1) is 12.8 Å². The number of aryl methyl sites for hydroxylation is 1. The fourth-order valence-electron chi connectivity index (χ4n) is 1.24. The largest absolute Gasteiger partial charge is 0.459 e. The van der Waals surface area contributed by atoms with E-state index in [9.17, 15) is 9.90 Å². The molecule has 1 aromatic carbocycles. The van der Waals surface area contributed by atoms with Crippen molar-refractivity contribution in [3.63, 3.8) is 0 Å². The molecule has 0 aromatic heterocycles. The summed E-state index contributed by atoms with van der Waals surface area (Å²) < 4.78 is 5.02. The van der Waals surface area contributed by atoms with Crippen molar-refractivity contribution in [1.82, 2.24) is 0 Å². The van der Waals surface area contributed by atoms with Gasteiger partial charge in [-0.1, -0.05) is 13.8 Å². The molecule has 0 heterocycles. The molecule has 0 fully saturated rings. The van der Waals surface area contributed by atoms with E-state index in [0.717, 1.165) is 5.56 Å². The van der Waals surface area contributed by atoms with E-state index in [1.54, 1.807) is 18.2 Å². The monoisotopic (exact) mass is 237 g/mol. The number of carbonyl (C=O) groups excluding carboxylic acids is 1. The molecule has 0 aliphatic rings. The molecule has 0 radical (unpaired) electrons. The van der Waals surface area contributed by atoms with E-state index in [-0.39, 0.29) is 12.5 Å². The average molecular weight is 237 g/mol. The van der Waals surface area contributed by atoms with Crippen molar-refractivity contribution in [3.8, 4) is 0 Å². The highest BCUT2D eigenvalue weighted by Crippen LogP contribution is 2.13. The molecule has 3 N–H and O–H groups in total. The number of rotatable bonds is 4. The van der Waals surface area contributed by atoms with Crippen molar-refractivity contribution in [2.75, 3.05) is 12.3 Å². The molecule has 4 heteroatoms. The molecular formula is C13H19NO3. The van der Waals surface area contributed by atoms with Crippen LogP contribution >= 0.6 is 0 Å². The van der Waals surface area contributed by atoms with Gasteiger partial charge in [-0.05, 0) is 36.6 Å². The summed E-state index contributed by atoms with van der Waals surface area (Å²) in [6, 6.07) is 4.97. The van der Waals surface area contributed by atoms with Crippen molar-refractivity contribution in [2.24, 2.45) is 5.92 Å². The van der Waals surface area contributed by atoms with Crippen LogP contribution in [-0.2, 0) is 4.74 Å². The van der Waals surface area contributed by atoms with E-state index in [1.807, 2.05) is 20.8 Å². The number of esters is 1. The predicted octanol–water partition coefficient (Wildman–Crippen LogP) is 1.75. The van der Waals surface area contributed by atoms with Gasteiger partial charge in [0.2, 0.25) is 0 Å². The predicted molar refractivity (Wildman–Crippen MR) is 66.7 cm³/mol. The summed E-state index contributed by atoms with van der Waals surface area (Å²) in [7, 11) is 0. The molecule has 1 unspecified atom stereocenters. The molecule has 1 rings (SSSR count). The van der Waals surface area contributed by atoms with Crippen LogP contribution in [-0.4, -0.2) is 23.8 Å². The number of hydrogen-bond donors (Lipinski definition) is 2. The fourth-order valence-corrected chi connectivity index (χ4v) is 1.24. The van der Waals surface area contributed by atoms with Crippen LogP contribution in [0.2, 0.25) is 0 Å². The van der Waals surface area contributed by atoms with Crippen molar-refractivity contribution < 1.29 is 14.6 Å². The molecule has 94 valence electrons. The van der Waals surface area contributed by atoms with Crippen LogP contribution in [0.4, 0.5) is 5.69 Å². The van der Waals surface area contributed by atoms with Crippen molar-refractivity contribution >= 4 is 11.7 Å². The summed E-state index contributed by atoms with van der Waals surface area (Å²) in [5.41, 5.74) is 7.59. The van der Waals surface area contributed by atoms with Gasteiger partial charge >= 0.3 is 5.97 Å². The van der Waals surface area contributed by atoms with E-state index >= 15 is 0 Å². The number of hydrogen-bond acceptors (Lipinski definition) is 4. The highest BCUT2D eigenvalue weighted by molar-refractivity contribution is 5.90. The third kappa shape index (κ3) is 3.75. The van der Waals surface area contributed by atoms with E-state index in [1.165, 1.54) is 0 Å². The number of anilines is 1. The standard InChI is InChI=1S/C13H19NO3/c1-8(2)12(15)7-17-13(16)10-4-5-11(14)9(3)6-10/h4-6,8,12,15H,7,14H2,1-3H3. The lowest BCUT2D eigenvalue weighted by molar-refractivity contribution is 0.0137. The molecule has 17 heavy (non-hydrogen) atoms. The van der Waals surface area contributed by atoms with Crippen molar-refractivity contribution in [3.05, 3.63) is 29.3 Å². The summed E-state index contributed by atoms with van der Waals surface area (Å²) in [5, 5.41) is 9.52. The van der Waals surface area contributed by atoms with Gasteiger partial charge < -0.3 is 15.6 Å². The first-order valence-corrected chi connectivity index (χ1v) is 5.63. The van der Waals surface area contributed by atoms with Crippen LogP contribution in [0.15, 0.2) is 18.2 Å². The number of aliphatic hydroxyl groups is 1. The number of benzene rings is 1. The normalized spacial score (nSPS) is 12.5. The molecule has 0 spiro atoms. The van der Waals surface area contributed by atoms with Crippen LogP contribution in [0.5, 0.6) is 0 Å². The van der Waals surface area contributed by atoms with E-state index in [2.05, 4.69) is 0 Å². The van der Waals surface area contributed by atoms with Gasteiger partial charge in [-0.3, -0.25) is 0 Å². The lowest BCUT2D eigenvalue weighted by atomic mass is 10.1. The molecule has 0 aliphatic carbocycles. The highest BCUT2D eigenvalue weighted by Gasteiger charge is 2.14. The lowest BCUT2D eigenvalue weighted by Gasteiger charge is -2.14. The van der Waals surface area contributed by atoms with Gasteiger partial charge in [0.1, 0.15) is 6.61 Å². The molecule has 0 aliphatic heterocycles. The van der Waals surface area contributed by atoms with E-state index in [0.29, 0.717) is 11.3 Å². The Kier molecular flexibility index (Phi) is 4.52. The fraction of sp³-hybridized carbons (Fsp3) is 0.462. The van der Waals surface area contributed by atoms with E-state index < -0.39 is 12.1 Å². The van der Waals surface area contributed by atoms with Gasteiger partial charge in [0.05, 0.1) is 11.7 Å². The van der Waals surface area contributed by atoms with E-state index in [4.69, 9.17) is 10.5 Å². The van der Waals surface area contributed by atoms with Gasteiger partial charge in [0.25, 0.3) is 0 Å². The van der Waals surface area contributed by atoms with Gasteiger partial charge in [-0.15, -0.1) is 0 Å². The summed E-state index contributed by atoms with van der Waals surface area (Å²) >= 11 is 0. The van der Waals surface area contributed by atoms with Gasteiger partial charge in [0.15, 0.2) is 0 Å². The second-order valence-electron chi connectivity index (χ2n) is 4.48. The minimum Gasteiger partial charge on any atom is -0.459 e. The minimum absolute atomic E-state index is 0.0138. The number of aliphatic hydroxyl groups excluding tert-OH is 1. The van der Waals surface area contributed by atoms with Gasteiger partial charge in [-0.2, -0.15) is 0 Å². The van der Waals surface area contributed by atoms with Crippen LogP contribution < -0.4 is 5.73 Å². The zero-order valence-corrected chi connectivity index (χ0v) is 10.4. The highest BCUT2D eigenvalue weighted by atomic mass is 16.5. The molecule has 0 saturated heterocycles. The quantitative estimate of drug-likeness (QED) is 0.618. The third-order valence-electron chi connectivity index (χ3n) is 2.66. The minimum atomic E-state index is -0.631. The Morgan fingerprint density at radius 2 is 2.12 bits per heavy atom. The molecule has 1 atom stereocenters.